The second kappa shape index (κ2) is 7.29. The van der Waals surface area contributed by atoms with Crippen LogP contribution in [0.15, 0.2) is 35.3 Å². The Morgan fingerprint density at radius 1 is 1.18 bits per heavy atom. The van der Waals surface area contributed by atoms with Gasteiger partial charge in [0.25, 0.3) is 5.56 Å². The highest BCUT2D eigenvalue weighted by Crippen LogP contribution is 2.30. The van der Waals surface area contributed by atoms with Crippen molar-refractivity contribution in [2.24, 2.45) is 0 Å². The zero-order chi connectivity index (χ0) is 19.7. The van der Waals surface area contributed by atoms with Crippen molar-refractivity contribution in [3.05, 3.63) is 52.2 Å². The fraction of sp³-hybridized carbons (Fsp3) is 0.421. The quantitative estimate of drug-likeness (QED) is 0.725. The van der Waals surface area contributed by atoms with Crippen LogP contribution in [0.5, 0.6) is 5.75 Å². The molecule has 1 saturated carbocycles. The molecule has 0 unspecified atom stereocenters. The number of hydrogen-bond acceptors (Lipinski definition) is 4. The fourth-order valence-electron chi connectivity index (χ4n) is 3.71. The normalized spacial score (nSPS) is 15.8. The Morgan fingerprint density at radius 3 is 2.68 bits per heavy atom. The largest absolute Gasteiger partial charge is 0.573 e. The molecule has 0 radical (unpaired) electrons. The van der Waals surface area contributed by atoms with Gasteiger partial charge in [-0.05, 0) is 18.9 Å². The van der Waals surface area contributed by atoms with E-state index in [4.69, 9.17) is 0 Å². The van der Waals surface area contributed by atoms with E-state index in [0.717, 1.165) is 25.7 Å². The second-order valence-electron chi connectivity index (χ2n) is 6.96. The number of ether oxygens (including phenoxy) is 1. The molecule has 2 heterocycles. The lowest BCUT2D eigenvalue weighted by Crippen LogP contribution is -2.19. The highest BCUT2D eigenvalue weighted by Gasteiger charge is 2.32. The Kier molecular flexibility index (Phi) is 4.82. The Labute approximate surface area is 158 Å². The molecule has 1 N–H and O–H groups in total. The van der Waals surface area contributed by atoms with Gasteiger partial charge in [0.1, 0.15) is 17.0 Å². The monoisotopic (exact) mass is 392 g/mol. The van der Waals surface area contributed by atoms with Crippen molar-refractivity contribution in [3.63, 3.8) is 0 Å². The molecule has 1 aliphatic rings. The van der Waals surface area contributed by atoms with E-state index in [1.807, 2.05) is 0 Å². The van der Waals surface area contributed by atoms with Crippen LogP contribution >= 0.6 is 0 Å². The zero-order valence-corrected chi connectivity index (χ0v) is 15.0. The van der Waals surface area contributed by atoms with Crippen molar-refractivity contribution in [1.29, 1.82) is 0 Å². The SMILES string of the molecule is O=c1[nH]c(Cc2ccccc2OC(F)(F)F)nc2c1cnn2C1CCCCC1. The third-order valence-electron chi connectivity index (χ3n) is 4.99. The molecule has 4 rings (SSSR count). The molecule has 0 amide bonds. The minimum Gasteiger partial charge on any atom is -0.405 e. The van der Waals surface area contributed by atoms with Gasteiger partial charge in [-0.25, -0.2) is 9.67 Å². The summed E-state index contributed by atoms with van der Waals surface area (Å²) in [6, 6.07) is 6.02. The molecule has 0 spiro atoms. The number of rotatable bonds is 4. The van der Waals surface area contributed by atoms with Gasteiger partial charge in [-0.15, -0.1) is 13.2 Å². The molecule has 1 fully saturated rings. The standard InChI is InChI=1S/C19H19F3N4O2/c20-19(21,22)28-15-9-5-4-6-12(15)10-16-24-17-14(18(27)25-16)11-23-26(17)13-7-2-1-3-8-13/h4-6,9,11,13H,1-3,7-8,10H2,(H,24,25,27). The van der Waals surface area contributed by atoms with Gasteiger partial charge in [0.15, 0.2) is 5.65 Å². The number of nitrogens with zero attached hydrogens (tertiary/aromatic N) is 3. The number of aromatic nitrogens is 4. The van der Waals surface area contributed by atoms with Crippen molar-refractivity contribution in [1.82, 2.24) is 19.7 Å². The Morgan fingerprint density at radius 2 is 1.93 bits per heavy atom. The van der Waals surface area contributed by atoms with E-state index in [0.29, 0.717) is 11.0 Å². The second-order valence-corrected chi connectivity index (χ2v) is 6.96. The molecule has 3 aromatic rings. The highest BCUT2D eigenvalue weighted by molar-refractivity contribution is 5.73. The molecule has 28 heavy (non-hydrogen) atoms. The predicted molar refractivity (Wildman–Crippen MR) is 96.2 cm³/mol. The third-order valence-corrected chi connectivity index (χ3v) is 4.99. The van der Waals surface area contributed by atoms with Gasteiger partial charge in [-0.3, -0.25) is 4.79 Å². The number of alkyl halides is 3. The van der Waals surface area contributed by atoms with E-state index in [9.17, 15) is 18.0 Å². The summed E-state index contributed by atoms with van der Waals surface area (Å²) in [6.07, 6.45) is 2.05. The average Bonchev–Trinajstić information content (AvgIpc) is 3.07. The lowest BCUT2D eigenvalue weighted by Gasteiger charge is -2.22. The van der Waals surface area contributed by atoms with Crippen LogP contribution in [0.1, 0.15) is 49.5 Å². The van der Waals surface area contributed by atoms with Crippen LogP contribution in [0.2, 0.25) is 0 Å². The molecule has 1 aromatic carbocycles. The topological polar surface area (TPSA) is 72.8 Å². The van der Waals surface area contributed by atoms with E-state index in [1.54, 1.807) is 10.7 Å². The Balaban J connectivity index is 1.69. The van der Waals surface area contributed by atoms with Crippen LogP contribution in [0.3, 0.4) is 0 Å². The number of halogens is 3. The molecule has 0 saturated heterocycles. The predicted octanol–water partition coefficient (Wildman–Crippen LogP) is 4.11. The summed E-state index contributed by atoms with van der Waals surface area (Å²) in [5.41, 5.74) is 0.405. The Hall–Kier alpha value is -2.84. The van der Waals surface area contributed by atoms with Gasteiger partial charge in [0, 0.05) is 12.0 Å². The summed E-state index contributed by atoms with van der Waals surface area (Å²) in [7, 11) is 0. The van der Waals surface area contributed by atoms with E-state index in [-0.39, 0.29) is 35.2 Å². The number of nitrogens with one attached hydrogen (secondary N) is 1. The van der Waals surface area contributed by atoms with E-state index < -0.39 is 6.36 Å². The van der Waals surface area contributed by atoms with Crippen molar-refractivity contribution >= 4 is 11.0 Å². The molecule has 0 atom stereocenters. The van der Waals surface area contributed by atoms with Crippen molar-refractivity contribution < 1.29 is 17.9 Å². The van der Waals surface area contributed by atoms with Crippen LogP contribution in [-0.4, -0.2) is 26.1 Å². The minimum atomic E-state index is -4.79. The molecule has 0 bridgehead atoms. The molecule has 148 valence electrons. The van der Waals surface area contributed by atoms with Gasteiger partial charge in [-0.2, -0.15) is 5.10 Å². The summed E-state index contributed by atoms with van der Waals surface area (Å²) in [4.78, 5) is 19.6. The zero-order valence-electron chi connectivity index (χ0n) is 15.0. The maximum absolute atomic E-state index is 12.6. The molecule has 9 heteroatoms. The number of fused-ring (bicyclic) bond motifs is 1. The first-order chi connectivity index (χ1) is 13.4. The molecule has 6 nitrogen and oxygen atoms in total. The first-order valence-corrected chi connectivity index (χ1v) is 9.21. The smallest absolute Gasteiger partial charge is 0.405 e. The number of hydrogen-bond donors (Lipinski definition) is 1. The number of para-hydroxylation sites is 1. The van der Waals surface area contributed by atoms with Crippen LogP contribution in [0.25, 0.3) is 11.0 Å². The molecular weight excluding hydrogens is 373 g/mol. The average molecular weight is 392 g/mol. The van der Waals surface area contributed by atoms with Gasteiger partial charge >= 0.3 is 6.36 Å². The Bertz CT molecular complexity index is 1040. The molecule has 2 aromatic heterocycles. The maximum atomic E-state index is 12.6. The van der Waals surface area contributed by atoms with Gasteiger partial charge < -0.3 is 9.72 Å². The fourth-order valence-corrected chi connectivity index (χ4v) is 3.71. The van der Waals surface area contributed by atoms with Crippen LogP contribution in [0.4, 0.5) is 13.2 Å². The lowest BCUT2D eigenvalue weighted by molar-refractivity contribution is -0.274. The van der Waals surface area contributed by atoms with Crippen LogP contribution in [0, 0.1) is 0 Å². The van der Waals surface area contributed by atoms with E-state index in [2.05, 4.69) is 19.8 Å². The summed E-state index contributed by atoms with van der Waals surface area (Å²) in [5, 5.41) is 4.74. The molecular formula is C19H19F3N4O2. The van der Waals surface area contributed by atoms with Crippen LogP contribution < -0.4 is 10.3 Å². The maximum Gasteiger partial charge on any atom is 0.573 e. The first-order valence-electron chi connectivity index (χ1n) is 9.21. The number of H-pyrrole nitrogens is 1. The van der Waals surface area contributed by atoms with Crippen molar-refractivity contribution in [3.8, 4) is 5.75 Å². The van der Waals surface area contributed by atoms with Crippen molar-refractivity contribution in [2.75, 3.05) is 0 Å². The van der Waals surface area contributed by atoms with Gasteiger partial charge in [0.05, 0.1) is 12.2 Å². The van der Waals surface area contributed by atoms with E-state index in [1.165, 1.54) is 30.8 Å². The summed E-state index contributed by atoms with van der Waals surface area (Å²) in [5.74, 6) is -0.0354. The van der Waals surface area contributed by atoms with Gasteiger partial charge in [0.2, 0.25) is 0 Å². The number of benzene rings is 1. The summed E-state index contributed by atoms with van der Waals surface area (Å²) >= 11 is 0. The lowest BCUT2D eigenvalue weighted by atomic mass is 9.96. The van der Waals surface area contributed by atoms with E-state index >= 15 is 0 Å². The first kappa shape index (κ1) is 18.5. The third kappa shape index (κ3) is 3.88. The number of aromatic amines is 1. The van der Waals surface area contributed by atoms with Gasteiger partial charge in [-0.1, -0.05) is 37.5 Å². The molecule has 0 aliphatic heterocycles. The molecule has 1 aliphatic carbocycles. The summed E-state index contributed by atoms with van der Waals surface area (Å²) < 4.78 is 43.8. The highest BCUT2D eigenvalue weighted by atomic mass is 19.4. The summed E-state index contributed by atoms with van der Waals surface area (Å²) in [6.45, 7) is 0. The minimum absolute atomic E-state index is 0.00722. The van der Waals surface area contributed by atoms with Crippen molar-refractivity contribution in [2.45, 2.75) is 50.9 Å². The van der Waals surface area contributed by atoms with Crippen LogP contribution in [-0.2, 0) is 6.42 Å².